The van der Waals surface area contributed by atoms with E-state index >= 15 is 0 Å². The van der Waals surface area contributed by atoms with Crippen molar-refractivity contribution < 1.29 is 43.8 Å². The van der Waals surface area contributed by atoms with Crippen LogP contribution in [0.2, 0.25) is 0 Å². The first-order valence-electron chi connectivity index (χ1n) is 2.51. The van der Waals surface area contributed by atoms with Gasteiger partial charge >= 0.3 is 29.6 Å². The first-order valence-corrected chi connectivity index (χ1v) is 2.51. The van der Waals surface area contributed by atoms with Crippen LogP contribution in [0.5, 0.6) is 0 Å². The quantitative estimate of drug-likeness (QED) is 0.399. The molecule has 0 radical (unpaired) electrons. The molecule has 0 spiro atoms. The minimum atomic E-state index is -1.55. The summed E-state index contributed by atoms with van der Waals surface area (Å²) < 4.78 is 13.4. The Morgan fingerprint density at radius 3 is 2.55 bits per heavy atom. The number of carboxylic acids is 1. The van der Waals surface area contributed by atoms with E-state index in [0.717, 1.165) is 10.9 Å². The van der Waals surface area contributed by atoms with E-state index in [-0.39, 0.29) is 29.6 Å². The summed E-state index contributed by atoms with van der Waals surface area (Å²) in [7, 11) is 1.43. The SMILES string of the molecule is Cn1cc(C(=O)[O-])c(F)n1.[Na+]. The van der Waals surface area contributed by atoms with Gasteiger partial charge in [-0.2, -0.15) is 4.39 Å². The molecular weight excluding hydrogens is 162 g/mol. The van der Waals surface area contributed by atoms with Gasteiger partial charge in [-0.25, -0.2) is 0 Å². The Morgan fingerprint density at radius 1 is 1.82 bits per heavy atom. The topological polar surface area (TPSA) is 58.0 Å². The van der Waals surface area contributed by atoms with Crippen molar-refractivity contribution in [3.8, 4) is 0 Å². The van der Waals surface area contributed by atoms with Crippen LogP contribution in [0.15, 0.2) is 6.20 Å². The minimum absolute atomic E-state index is 0. The number of aromatic carboxylic acids is 1. The van der Waals surface area contributed by atoms with Crippen LogP contribution in [0.3, 0.4) is 0 Å². The third kappa shape index (κ3) is 2.28. The fourth-order valence-corrected chi connectivity index (χ4v) is 0.598. The van der Waals surface area contributed by atoms with Gasteiger partial charge in [0.15, 0.2) is 0 Å². The molecule has 4 nitrogen and oxygen atoms in total. The molecule has 0 saturated carbocycles. The summed E-state index contributed by atoms with van der Waals surface area (Å²) in [5.41, 5.74) is -0.512. The molecule has 0 aliphatic heterocycles. The Kier molecular flexibility index (Phi) is 3.71. The predicted molar refractivity (Wildman–Crippen MR) is 27.5 cm³/mol. The molecule has 0 aliphatic carbocycles. The van der Waals surface area contributed by atoms with E-state index in [1.54, 1.807) is 0 Å². The number of aromatic nitrogens is 2. The molecule has 0 unspecified atom stereocenters. The van der Waals surface area contributed by atoms with Crippen LogP contribution in [0.1, 0.15) is 10.4 Å². The van der Waals surface area contributed by atoms with Gasteiger partial charge in [0.2, 0.25) is 5.95 Å². The molecule has 0 bridgehead atoms. The number of halogens is 1. The van der Waals surface area contributed by atoms with Crippen LogP contribution in [0, 0.1) is 5.95 Å². The fraction of sp³-hybridized carbons (Fsp3) is 0.200. The van der Waals surface area contributed by atoms with Crippen molar-refractivity contribution in [2.75, 3.05) is 0 Å². The molecular formula is C5H4FN2NaO2. The largest absolute Gasteiger partial charge is 1.00 e. The van der Waals surface area contributed by atoms with Crippen LogP contribution < -0.4 is 34.7 Å². The fourth-order valence-electron chi connectivity index (χ4n) is 0.598. The second kappa shape index (κ2) is 3.85. The summed E-state index contributed by atoms with van der Waals surface area (Å²) in [6.07, 6.45) is 1.05. The number of nitrogens with zero attached hydrogens (tertiary/aromatic N) is 2. The van der Waals surface area contributed by atoms with Crippen molar-refractivity contribution in [3.63, 3.8) is 0 Å². The molecule has 1 aromatic heterocycles. The monoisotopic (exact) mass is 166 g/mol. The summed E-state index contributed by atoms with van der Waals surface area (Å²) in [5, 5.41) is 13.2. The van der Waals surface area contributed by atoms with Crippen LogP contribution in [-0.2, 0) is 7.05 Å². The van der Waals surface area contributed by atoms with Gasteiger partial charge in [-0.3, -0.25) is 4.68 Å². The summed E-state index contributed by atoms with van der Waals surface area (Å²) in [4.78, 5) is 10.0. The minimum Gasteiger partial charge on any atom is -0.545 e. The van der Waals surface area contributed by atoms with Crippen LogP contribution in [0.4, 0.5) is 4.39 Å². The van der Waals surface area contributed by atoms with Gasteiger partial charge in [0.1, 0.15) is 0 Å². The number of carbonyl (C=O) groups excluding carboxylic acids is 1. The smallest absolute Gasteiger partial charge is 0.545 e. The van der Waals surface area contributed by atoms with E-state index in [1.807, 2.05) is 0 Å². The van der Waals surface area contributed by atoms with E-state index < -0.39 is 17.5 Å². The number of hydrogen-bond acceptors (Lipinski definition) is 3. The Balaban J connectivity index is 0.000001000. The molecule has 11 heavy (non-hydrogen) atoms. The zero-order chi connectivity index (χ0) is 7.72. The first kappa shape index (κ1) is 10.6. The average Bonchev–Trinajstić information content (AvgIpc) is 2.10. The van der Waals surface area contributed by atoms with Crippen molar-refractivity contribution >= 4 is 5.97 Å². The normalized spacial score (nSPS) is 8.91. The number of aryl methyl sites for hydroxylation is 1. The maximum atomic E-state index is 12.3. The molecule has 0 amide bonds. The molecule has 0 N–H and O–H groups in total. The van der Waals surface area contributed by atoms with Crippen LogP contribution in [-0.4, -0.2) is 15.7 Å². The number of carboxylic acid groups (broad SMARTS) is 1. The van der Waals surface area contributed by atoms with E-state index in [4.69, 9.17) is 0 Å². The molecule has 0 saturated heterocycles. The van der Waals surface area contributed by atoms with Gasteiger partial charge in [-0.05, 0) is 0 Å². The number of rotatable bonds is 1. The molecule has 0 fully saturated rings. The summed E-state index contributed by atoms with van der Waals surface area (Å²) in [5.74, 6) is -2.56. The zero-order valence-corrected chi connectivity index (χ0v) is 8.17. The van der Waals surface area contributed by atoms with E-state index in [0.29, 0.717) is 0 Å². The Bertz CT molecular complexity index is 273. The maximum absolute atomic E-state index is 12.3. The third-order valence-corrected chi connectivity index (χ3v) is 1.00. The Labute approximate surface area is 84.3 Å². The van der Waals surface area contributed by atoms with E-state index in [1.165, 1.54) is 7.05 Å². The predicted octanol–water partition coefficient (Wildman–Crippen LogP) is -4.07. The third-order valence-electron chi connectivity index (χ3n) is 1.00. The van der Waals surface area contributed by atoms with E-state index in [9.17, 15) is 14.3 Å². The van der Waals surface area contributed by atoms with Gasteiger partial charge in [0.25, 0.3) is 0 Å². The summed E-state index contributed by atoms with van der Waals surface area (Å²) in [6.45, 7) is 0. The Hall–Kier alpha value is -0.390. The standard InChI is InChI=1S/C5H5FN2O2.Na/c1-8-2-3(5(9)10)4(6)7-8;/h2H,1H3,(H,9,10);/q;+1/p-1. The second-order valence-corrected chi connectivity index (χ2v) is 1.79. The van der Waals surface area contributed by atoms with Crippen LogP contribution >= 0.6 is 0 Å². The van der Waals surface area contributed by atoms with Crippen molar-refractivity contribution in [3.05, 3.63) is 17.7 Å². The molecule has 0 aromatic carbocycles. The van der Waals surface area contributed by atoms with Crippen LogP contribution in [0.25, 0.3) is 0 Å². The van der Waals surface area contributed by atoms with Gasteiger partial charge in [-0.15, -0.1) is 5.10 Å². The van der Waals surface area contributed by atoms with E-state index in [2.05, 4.69) is 5.10 Å². The molecule has 54 valence electrons. The molecule has 1 heterocycles. The number of hydrogen-bond donors (Lipinski definition) is 0. The van der Waals surface area contributed by atoms with Gasteiger partial charge in [0, 0.05) is 13.2 Å². The number of carbonyl (C=O) groups is 1. The second-order valence-electron chi connectivity index (χ2n) is 1.79. The molecule has 0 atom stereocenters. The molecule has 1 rings (SSSR count). The van der Waals surface area contributed by atoms with Gasteiger partial charge in [-0.1, -0.05) is 0 Å². The van der Waals surface area contributed by atoms with Crippen molar-refractivity contribution in [2.24, 2.45) is 7.05 Å². The molecule has 6 heteroatoms. The molecule has 0 aliphatic rings. The summed E-state index contributed by atoms with van der Waals surface area (Å²) >= 11 is 0. The van der Waals surface area contributed by atoms with Gasteiger partial charge in [0.05, 0.1) is 11.5 Å². The average molecular weight is 166 g/mol. The first-order chi connectivity index (χ1) is 4.61. The summed E-state index contributed by atoms with van der Waals surface area (Å²) in [6, 6.07) is 0. The van der Waals surface area contributed by atoms with Crippen molar-refractivity contribution in [1.82, 2.24) is 9.78 Å². The van der Waals surface area contributed by atoms with Crippen molar-refractivity contribution in [2.45, 2.75) is 0 Å². The molecule has 1 aromatic rings. The maximum Gasteiger partial charge on any atom is 1.00 e. The zero-order valence-electron chi connectivity index (χ0n) is 6.17. The van der Waals surface area contributed by atoms with Gasteiger partial charge < -0.3 is 9.90 Å². The Morgan fingerprint density at radius 2 is 2.36 bits per heavy atom. The van der Waals surface area contributed by atoms with Crippen molar-refractivity contribution in [1.29, 1.82) is 0 Å².